The third-order valence-corrected chi connectivity index (χ3v) is 5.95. The van der Waals surface area contributed by atoms with E-state index in [-0.39, 0.29) is 18.1 Å². The molecule has 0 saturated heterocycles. The van der Waals surface area contributed by atoms with Gasteiger partial charge in [-0.05, 0) is 43.5 Å². The van der Waals surface area contributed by atoms with Gasteiger partial charge < -0.3 is 14.6 Å². The van der Waals surface area contributed by atoms with Crippen molar-refractivity contribution in [2.45, 2.75) is 26.4 Å². The lowest BCUT2D eigenvalue weighted by Gasteiger charge is -2.21. The number of rotatable bonds is 5. The number of carbonyl (C=O) groups excluding carboxylic acids is 1. The predicted molar refractivity (Wildman–Crippen MR) is 116 cm³/mol. The molecule has 5 rings (SSSR count). The molecule has 3 aromatic heterocycles. The third-order valence-electron chi connectivity index (χ3n) is 5.95. The highest BCUT2D eigenvalue weighted by Crippen LogP contribution is 2.39. The summed E-state index contributed by atoms with van der Waals surface area (Å²) in [6.45, 7) is 4.38. The van der Waals surface area contributed by atoms with Crippen molar-refractivity contribution in [3.05, 3.63) is 42.1 Å². The first-order chi connectivity index (χ1) is 14.9. The van der Waals surface area contributed by atoms with Crippen molar-refractivity contribution >= 4 is 34.0 Å². The molecule has 1 fully saturated rings. The number of imidazole rings is 1. The monoisotopic (exact) mass is 424 g/mol. The van der Waals surface area contributed by atoms with E-state index in [2.05, 4.69) is 20.5 Å². The number of nitrogens with zero attached hydrogens (tertiary/aromatic N) is 4. The minimum absolute atomic E-state index is 0.262. The van der Waals surface area contributed by atoms with Gasteiger partial charge in [0.05, 0.1) is 29.5 Å². The highest BCUT2D eigenvalue weighted by atomic mass is 19.1. The first kappa shape index (κ1) is 19.5. The van der Waals surface area contributed by atoms with Gasteiger partial charge in [0, 0.05) is 30.7 Å². The van der Waals surface area contributed by atoms with Crippen molar-refractivity contribution in [1.82, 2.24) is 19.6 Å². The number of aromatic nitrogens is 4. The Labute approximate surface area is 177 Å². The number of nitrogens with one attached hydrogen (secondary N) is 2. The zero-order valence-electron chi connectivity index (χ0n) is 17.4. The summed E-state index contributed by atoms with van der Waals surface area (Å²) in [6, 6.07) is 3.67. The maximum Gasteiger partial charge on any atom is 0.231 e. The van der Waals surface area contributed by atoms with Crippen LogP contribution in [0, 0.1) is 18.7 Å². The van der Waals surface area contributed by atoms with Crippen LogP contribution in [-0.4, -0.2) is 45.3 Å². The predicted octanol–water partition coefficient (Wildman–Crippen LogP) is 4.08. The highest BCUT2D eigenvalue weighted by molar-refractivity contribution is 6.03. The number of fused-ring (bicyclic) bond motifs is 2. The lowest BCUT2D eigenvalue weighted by molar-refractivity contribution is -0.117. The number of benzene rings is 1. The Balaban J connectivity index is 1.58. The van der Waals surface area contributed by atoms with Gasteiger partial charge in [-0.15, -0.1) is 0 Å². The van der Waals surface area contributed by atoms with E-state index < -0.39 is 12.1 Å². The Kier molecular flexibility index (Phi) is 4.42. The molecule has 0 bridgehead atoms. The average Bonchev–Trinajstić information content (AvgIpc) is 3.12. The molecule has 31 heavy (non-hydrogen) atoms. The number of aromatic amines is 1. The minimum Gasteiger partial charge on any atom is -0.371 e. The number of carbonyl (C=O) groups is 1. The third kappa shape index (κ3) is 3.11. The second-order valence-corrected chi connectivity index (χ2v) is 7.99. The van der Waals surface area contributed by atoms with Gasteiger partial charge in [0.1, 0.15) is 11.8 Å². The van der Waals surface area contributed by atoms with E-state index >= 15 is 4.39 Å². The molecule has 1 aliphatic carbocycles. The summed E-state index contributed by atoms with van der Waals surface area (Å²) in [6.07, 6.45) is 4.41. The fourth-order valence-corrected chi connectivity index (χ4v) is 4.00. The molecule has 2 atom stereocenters. The van der Waals surface area contributed by atoms with Crippen LogP contribution in [0.5, 0.6) is 0 Å². The van der Waals surface area contributed by atoms with E-state index in [0.29, 0.717) is 34.8 Å². The summed E-state index contributed by atoms with van der Waals surface area (Å²) < 4.78 is 30.3. The minimum atomic E-state index is -1.06. The van der Waals surface area contributed by atoms with E-state index in [4.69, 9.17) is 0 Å². The summed E-state index contributed by atoms with van der Waals surface area (Å²) in [5, 5.41) is 10.6. The van der Waals surface area contributed by atoms with Crippen molar-refractivity contribution in [2.24, 2.45) is 5.92 Å². The molecule has 4 aromatic rings. The second-order valence-electron chi connectivity index (χ2n) is 7.99. The normalized spacial score (nSPS) is 18.0. The summed E-state index contributed by atoms with van der Waals surface area (Å²) >= 11 is 0. The Hall–Kier alpha value is -3.49. The summed E-state index contributed by atoms with van der Waals surface area (Å²) in [4.78, 5) is 18.2. The van der Waals surface area contributed by atoms with E-state index in [1.165, 1.54) is 0 Å². The molecule has 9 heteroatoms. The van der Waals surface area contributed by atoms with Crippen molar-refractivity contribution < 1.29 is 13.6 Å². The van der Waals surface area contributed by atoms with Gasteiger partial charge >= 0.3 is 0 Å². The Morgan fingerprint density at radius 1 is 1.39 bits per heavy atom. The average molecular weight is 424 g/mol. The Morgan fingerprint density at radius 2 is 2.16 bits per heavy atom. The van der Waals surface area contributed by atoms with Crippen LogP contribution in [0.1, 0.15) is 18.9 Å². The second kappa shape index (κ2) is 7.04. The number of hydrogen-bond acceptors (Lipinski definition) is 4. The first-order valence-corrected chi connectivity index (χ1v) is 10.2. The lowest BCUT2D eigenvalue weighted by atomic mass is 9.96. The molecule has 1 aliphatic rings. The van der Waals surface area contributed by atoms with Crippen LogP contribution in [0.3, 0.4) is 0 Å². The summed E-state index contributed by atoms with van der Waals surface area (Å²) in [7, 11) is 1.85. The molecule has 0 radical (unpaired) electrons. The highest BCUT2D eigenvalue weighted by Gasteiger charge is 2.43. The number of halogens is 2. The number of alkyl halides is 1. The largest absolute Gasteiger partial charge is 0.371 e. The van der Waals surface area contributed by atoms with Crippen molar-refractivity contribution in [1.29, 1.82) is 0 Å². The van der Waals surface area contributed by atoms with Gasteiger partial charge in [0.2, 0.25) is 5.91 Å². The molecule has 0 spiro atoms. The topological polar surface area (TPSA) is 78.3 Å². The summed E-state index contributed by atoms with van der Waals surface area (Å²) in [5.74, 6) is -0.873. The van der Waals surface area contributed by atoms with Crippen LogP contribution < -0.4 is 10.2 Å². The maximum atomic E-state index is 15.4. The first-order valence-electron chi connectivity index (χ1n) is 10.2. The Morgan fingerprint density at radius 3 is 2.87 bits per heavy atom. The fourth-order valence-electron chi connectivity index (χ4n) is 4.00. The SMILES string of the molecule is CCN(C)c1c(F)c(C)c(-c2ccc3nc(NC(=O)[C@@H]4C[C@@H]4F)cn3c2)c2cn[nH]c12. The Bertz CT molecular complexity index is 1330. The van der Waals surface area contributed by atoms with E-state index in [9.17, 15) is 9.18 Å². The van der Waals surface area contributed by atoms with E-state index in [1.54, 1.807) is 29.8 Å². The van der Waals surface area contributed by atoms with Crippen LogP contribution in [0.15, 0.2) is 30.7 Å². The number of pyridine rings is 1. The van der Waals surface area contributed by atoms with E-state index in [1.807, 2.05) is 31.1 Å². The van der Waals surface area contributed by atoms with E-state index in [0.717, 1.165) is 16.5 Å². The smallest absolute Gasteiger partial charge is 0.231 e. The summed E-state index contributed by atoms with van der Waals surface area (Å²) in [5.41, 5.74) is 3.83. The van der Waals surface area contributed by atoms with Crippen molar-refractivity contribution in [3.8, 4) is 11.1 Å². The number of amides is 1. The van der Waals surface area contributed by atoms with Gasteiger partial charge in [-0.1, -0.05) is 0 Å². The molecule has 7 nitrogen and oxygen atoms in total. The van der Waals surface area contributed by atoms with Crippen LogP contribution in [0.4, 0.5) is 20.3 Å². The van der Waals surface area contributed by atoms with Crippen LogP contribution in [0.2, 0.25) is 0 Å². The number of anilines is 2. The number of H-pyrrole nitrogens is 1. The standard InChI is InChI=1S/C22H22F2N6O/c1-4-29(3)21-19(24)11(2)18(14-8-25-28-20(14)21)12-5-6-17-26-16(10-30(17)9-12)27-22(31)13-7-15(13)23/h5-6,8-10,13,15H,4,7H2,1-3H3,(H,25,28)(H,27,31)/t13-,15+/m1/s1. The van der Waals surface area contributed by atoms with Gasteiger partial charge in [-0.3, -0.25) is 9.89 Å². The van der Waals surface area contributed by atoms with Gasteiger partial charge in [-0.2, -0.15) is 5.10 Å². The number of hydrogen-bond donors (Lipinski definition) is 2. The molecule has 160 valence electrons. The van der Waals surface area contributed by atoms with Gasteiger partial charge in [-0.25, -0.2) is 13.8 Å². The molecule has 2 N–H and O–H groups in total. The quantitative estimate of drug-likeness (QED) is 0.506. The maximum absolute atomic E-state index is 15.4. The fraction of sp³-hybridized carbons (Fsp3) is 0.318. The molecular formula is C22H22F2N6O. The molecule has 0 unspecified atom stereocenters. The van der Waals surface area contributed by atoms with Crippen molar-refractivity contribution in [2.75, 3.05) is 23.8 Å². The lowest BCUT2D eigenvalue weighted by Crippen LogP contribution is -2.18. The van der Waals surface area contributed by atoms with Crippen molar-refractivity contribution in [3.63, 3.8) is 0 Å². The zero-order chi connectivity index (χ0) is 21.9. The van der Waals surface area contributed by atoms with Crippen LogP contribution >= 0.6 is 0 Å². The van der Waals surface area contributed by atoms with Gasteiger partial charge in [0.25, 0.3) is 0 Å². The molecule has 1 amide bonds. The molecule has 1 aromatic carbocycles. The zero-order valence-corrected chi connectivity index (χ0v) is 17.4. The van der Waals surface area contributed by atoms with Crippen LogP contribution in [-0.2, 0) is 4.79 Å². The van der Waals surface area contributed by atoms with Gasteiger partial charge in [0.15, 0.2) is 11.6 Å². The molecule has 0 aliphatic heterocycles. The molecule has 1 saturated carbocycles. The molecular weight excluding hydrogens is 402 g/mol. The molecule has 3 heterocycles. The van der Waals surface area contributed by atoms with Crippen LogP contribution in [0.25, 0.3) is 27.7 Å².